The van der Waals surface area contributed by atoms with E-state index in [0.29, 0.717) is 24.2 Å². The van der Waals surface area contributed by atoms with Crippen LogP contribution in [0.15, 0.2) is 12.7 Å². The van der Waals surface area contributed by atoms with Crippen LogP contribution in [-0.4, -0.2) is 84.3 Å². The maximum Gasteiger partial charge on any atom is 0.510 e. The fourth-order valence-corrected chi connectivity index (χ4v) is 3.85. The van der Waals surface area contributed by atoms with Crippen molar-refractivity contribution in [1.29, 1.82) is 0 Å². The molecule has 0 saturated heterocycles. The van der Waals surface area contributed by atoms with E-state index in [2.05, 4.69) is 15.0 Å². The maximum absolute atomic E-state index is 13.2. The van der Waals surface area contributed by atoms with Gasteiger partial charge in [-0.3, -0.25) is 13.6 Å². The highest BCUT2D eigenvalue weighted by Crippen LogP contribution is 2.48. The molecule has 16 nitrogen and oxygen atoms in total. The minimum Gasteiger partial charge on any atom is -0.432 e. The van der Waals surface area contributed by atoms with E-state index in [1.807, 2.05) is 0 Å². The summed E-state index contributed by atoms with van der Waals surface area (Å²) in [6, 6.07) is -0.364. The van der Waals surface area contributed by atoms with Gasteiger partial charge >= 0.3 is 19.9 Å². The molecule has 0 radical (unpaired) electrons. The molecule has 0 aliphatic heterocycles. The van der Waals surface area contributed by atoms with E-state index in [1.54, 1.807) is 39.4 Å². The lowest BCUT2D eigenvalue weighted by Gasteiger charge is -2.22. The molecule has 2 heterocycles. The summed E-state index contributed by atoms with van der Waals surface area (Å²) in [6.07, 6.45) is -0.175. The summed E-state index contributed by atoms with van der Waals surface area (Å²) in [5.41, 5.74) is 6.77. The quantitative estimate of drug-likeness (QED) is 0.177. The number of ether oxygens (including phenoxy) is 6. The molecule has 0 spiro atoms. The van der Waals surface area contributed by atoms with E-state index in [0.717, 1.165) is 0 Å². The molecule has 0 bridgehead atoms. The van der Waals surface area contributed by atoms with Gasteiger partial charge in [-0.2, -0.15) is 0 Å². The summed E-state index contributed by atoms with van der Waals surface area (Å²) in [7, 11) is -2.55. The monoisotopic (exact) mass is 563 g/mol. The van der Waals surface area contributed by atoms with Crippen LogP contribution in [0.5, 0.6) is 0 Å². The Labute approximate surface area is 219 Å². The third kappa shape index (κ3) is 10.4. The van der Waals surface area contributed by atoms with E-state index in [-0.39, 0.29) is 18.5 Å². The van der Waals surface area contributed by atoms with E-state index >= 15 is 0 Å². The summed E-state index contributed by atoms with van der Waals surface area (Å²) in [4.78, 5) is 35.6. The topological polar surface area (TPSA) is 195 Å². The lowest BCUT2D eigenvalue weighted by Crippen LogP contribution is -2.20. The van der Waals surface area contributed by atoms with E-state index in [1.165, 1.54) is 12.7 Å². The van der Waals surface area contributed by atoms with Gasteiger partial charge in [-0.05, 0) is 34.1 Å². The van der Waals surface area contributed by atoms with Crippen LogP contribution in [0.2, 0.25) is 0 Å². The fourth-order valence-electron chi connectivity index (χ4n) is 2.87. The van der Waals surface area contributed by atoms with Gasteiger partial charge in [0.2, 0.25) is 13.6 Å². The van der Waals surface area contributed by atoms with Crippen molar-refractivity contribution in [2.45, 2.75) is 52.4 Å². The number of imidazole rings is 1. The van der Waals surface area contributed by atoms with Gasteiger partial charge in [0, 0.05) is 13.7 Å². The lowest BCUT2D eigenvalue weighted by molar-refractivity contribution is -0.0349. The third-order valence-corrected chi connectivity index (χ3v) is 6.01. The molecule has 2 aromatic heterocycles. The van der Waals surface area contributed by atoms with Crippen molar-refractivity contribution < 1.29 is 51.6 Å². The number of carbonyl (C=O) groups excluding carboxylic acids is 2. The van der Waals surface area contributed by atoms with Crippen LogP contribution in [0.4, 0.5) is 15.4 Å². The number of anilines is 1. The Balaban J connectivity index is 2.05. The molecule has 38 heavy (non-hydrogen) atoms. The summed E-state index contributed by atoms with van der Waals surface area (Å²) < 4.78 is 55.3. The van der Waals surface area contributed by atoms with Gasteiger partial charge in [-0.15, -0.1) is 0 Å². The van der Waals surface area contributed by atoms with E-state index in [4.69, 9.17) is 43.2 Å². The van der Waals surface area contributed by atoms with E-state index in [9.17, 15) is 14.2 Å². The number of fused-ring (bicyclic) bond motifs is 1. The molecular formula is C21H34N5O11P. The number of aromatic nitrogens is 4. The Bertz CT molecular complexity index is 1050. The first kappa shape index (κ1) is 31.2. The molecule has 214 valence electrons. The molecule has 1 unspecified atom stereocenters. The molecule has 0 aliphatic rings. The van der Waals surface area contributed by atoms with Crippen molar-refractivity contribution in [2.24, 2.45) is 0 Å². The average molecular weight is 564 g/mol. The minimum absolute atomic E-state index is 0.00192. The van der Waals surface area contributed by atoms with Gasteiger partial charge in [0.1, 0.15) is 18.2 Å². The molecule has 0 saturated carbocycles. The zero-order valence-corrected chi connectivity index (χ0v) is 22.8. The van der Waals surface area contributed by atoms with Gasteiger partial charge in [-0.1, -0.05) is 0 Å². The maximum atomic E-state index is 13.2. The van der Waals surface area contributed by atoms with Crippen molar-refractivity contribution in [3.05, 3.63) is 12.7 Å². The summed E-state index contributed by atoms with van der Waals surface area (Å²) in [5, 5.41) is 0. The minimum atomic E-state index is -4.10. The summed E-state index contributed by atoms with van der Waals surface area (Å²) >= 11 is 0. The van der Waals surface area contributed by atoms with Gasteiger partial charge in [0.15, 0.2) is 11.5 Å². The van der Waals surface area contributed by atoms with Crippen molar-refractivity contribution in [3.63, 3.8) is 0 Å². The highest BCUT2D eigenvalue weighted by Gasteiger charge is 2.29. The first-order valence-electron chi connectivity index (χ1n) is 11.6. The molecule has 2 N–H and O–H groups in total. The predicted octanol–water partition coefficient (Wildman–Crippen LogP) is 3.22. The molecule has 17 heteroatoms. The second-order valence-electron chi connectivity index (χ2n) is 8.24. The van der Waals surface area contributed by atoms with Crippen LogP contribution in [0.1, 0.15) is 40.2 Å². The number of methoxy groups -OCH3 is 1. The standard InChI is InChI=1S/C21H34N5O11P/c1-14(2)36-20(27)32-11-34-38(29,35-12-33-21(28)37-15(3)4)13-31-8-16(6-7-30-5)26-10-25-17-18(22)23-9-24-19(17)26/h9-10,14-16H,6-8,11-13H2,1-5H3,(H2,22,23,24). The van der Waals surface area contributed by atoms with Crippen molar-refractivity contribution in [3.8, 4) is 0 Å². The van der Waals surface area contributed by atoms with Crippen LogP contribution in [0, 0.1) is 0 Å². The molecule has 2 aromatic rings. The Morgan fingerprint density at radius 2 is 1.61 bits per heavy atom. The molecule has 2 rings (SSSR count). The smallest absolute Gasteiger partial charge is 0.432 e. The number of carbonyl (C=O) groups is 2. The molecule has 0 amide bonds. The fraction of sp³-hybridized carbons (Fsp3) is 0.667. The van der Waals surface area contributed by atoms with Gasteiger partial charge in [0.05, 0.1) is 31.2 Å². The number of nitrogen functional groups attached to an aromatic ring is 1. The number of hydrogen-bond acceptors (Lipinski definition) is 15. The highest BCUT2D eigenvalue weighted by molar-refractivity contribution is 7.53. The van der Waals surface area contributed by atoms with Crippen LogP contribution in [-0.2, 0) is 42.0 Å². The van der Waals surface area contributed by atoms with E-state index < -0.39 is 52.0 Å². The highest BCUT2D eigenvalue weighted by atomic mass is 31.2. The summed E-state index contributed by atoms with van der Waals surface area (Å²) in [6.45, 7) is 5.35. The van der Waals surface area contributed by atoms with Crippen LogP contribution in [0.3, 0.4) is 0 Å². The second kappa shape index (κ2) is 15.4. The van der Waals surface area contributed by atoms with Gasteiger partial charge in [0.25, 0.3) is 0 Å². The number of nitrogens with two attached hydrogens (primary N) is 1. The van der Waals surface area contributed by atoms with Gasteiger partial charge in [-0.25, -0.2) is 24.5 Å². The Morgan fingerprint density at radius 3 is 2.16 bits per heavy atom. The Morgan fingerprint density at radius 1 is 1.00 bits per heavy atom. The third-order valence-electron chi connectivity index (χ3n) is 4.51. The average Bonchev–Trinajstić information content (AvgIpc) is 3.26. The first-order chi connectivity index (χ1) is 18.0. The van der Waals surface area contributed by atoms with Gasteiger partial charge < -0.3 is 38.7 Å². The zero-order chi connectivity index (χ0) is 28.1. The Hall–Kier alpha value is -3.04. The Kier molecular flexibility index (Phi) is 12.6. The normalized spacial score (nSPS) is 12.6. The largest absolute Gasteiger partial charge is 0.510 e. The molecule has 0 aromatic carbocycles. The number of nitrogens with zero attached hydrogens (tertiary/aromatic N) is 4. The molecular weight excluding hydrogens is 529 g/mol. The number of hydrogen-bond donors (Lipinski definition) is 1. The van der Waals surface area contributed by atoms with Crippen molar-refractivity contribution in [1.82, 2.24) is 19.5 Å². The molecule has 1 atom stereocenters. The van der Waals surface area contributed by atoms with Crippen LogP contribution < -0.4 is 5.73 Å². The zero-order valence-electron chi connectivity index (χ0n) is 21.9. The number of rotatable bonds is 16. The lowest BCUT2D eigenvalue weighted by atomic mass is 10.2. The van der Waals surface area contributed by atoms with Crippen LogP contribution >= 0.6 is 7.60 Å². The molecule has 0 fully saturated rings. The van der Waals surface area contributed by atoms with Crippen LogP contribution in [0.25, 0.3) is 11.2 Å². The summed E-state index contributed by atoms with van der Waals surface area (Å²) in [5.74, 6) is 0.221. The first-order valence-corrected chi connectivity index (χ1v) is 13.3. The van der Waals surface area contributed by atoms with Crippen molar-refractivity contribution in [2.75, 3.05) is 46.0 Å². The second-order valence-corrected chi connectivity index (χ2v) is 10.2. The van der Waals surface area contributed by atoms with Crippen molar-refractivity contribution >= 4 is 36.9 Å². The molecule has 0 aliphatic carbocycles. The predicted molar refractivity (Wildman–Crippen MR) is 131 cm³/mol. The SMILES string of the molecule is COCCC(COCP(=O)(OCOC(=O)OC(C)C)OCOC(=O)OC(C)C)n1cnc2c(N)ncnc21.